The lowest BCUT2D eigenvalue weighted by atomic mass is 10.4. The molecule has 0 aliphatic rings. The predicted molar refractivity (Wildman–Crippen MR) is 57.2 cm³/mol. The Bertz CT molecular complexity index is 368. The summed E-state index contributed by atoms with van der Waals surface area (Å²) in [5.41, 5.74) is 0. The van der Waals surface area contributed by atoms with E-state index in [4.69, 9.17) is 0 Å². The van der Waals surface area contributed by atoms with Crippen LogP contribution in [0.25, 0.3) is 0 Å². The van der Waals surface area contributed by atoms with Crippen molar-refractivity contribution in [3.63, 3.8) is 0 Å². The molecule has 0 unspecified atom stereocenters. The van der Waals surface area contributed by atoms with Gasteiger partial charge in [0.1, 0.15) is 0 Å². The van der Waals surface area contributed by atoms with E-state index in [0.717, 1.165) is 11.3 Å². The number of hydrogen-bond donors (Lipinski definition) is 0. The van der Waals surface area contributed by atoms with Crippen molar-refractivity contribution in [1.82, 2.24) is 0 Å². The van der Waals surface area contributed by atoms with Gasteiger partial charge in [0, 0.05) is 10.8 Å². The molecule has 0 aliphatic carbocycles. The first-order chi connectivity index (χ1) is 6.76. The summed E-state index contributed by atoms with van der Waals surface area (Å²) in [6.07, 6.45) is 1.01. The molecule has 0 N–H and O–H groups in total. The van der Waals surface area contributed by atoms with Crippen LogP contribution in [0.3, 0.4) is 0 Å². The molecule has 0 saturated carbocycles. The van der Waals surface area contributed by atoms with Crippen molar-refractivity contribution in [2.45, 2.75) is 20.3 Å². The first-order valence-electron chi connectivity index (χ1n) is 4.53. The maximum Gasteiger partial charge on any atom is 0.384 e. The molecule has 0 bridgehead atoms. The van der Waals surface area contributed by atoms with Crippen LogP contribution >= 0.6 is 11.3 Å². The van der Waals surface area contributed by atoms with Gasteiger partial charge in [-0.3, -0.25) is 0 Å². The highest BCUT2D eigenvalue weighted by Gasteiger charge is 1.96. The minimum atomic E-state index is -0.459. The highest BCUT2D eigenvalue weighted by atomic mass is 32.1. The Kier molecular flexibility index (Phi) is 4.21. The third-order valence-electron chi connectivity index (χ3n) is 1.57. The van der Waals surface area contributed by atoms with Crippen LogP contribution in [0, 0.1) is 11.8 Å². The molecule has 0 aliphatic heterocycles. The molecule has 3 heteroatoms. The Morgan fingerprint density at radius 3 is 2.86 bits per heavy atom. The third-order valence-corrected chi connectivity index (χ3v) is 2.72. The Hall–Kier alpha value is -1.27. The van der Waals surface area contributed by atoms with Crippen LogP contribution in [-0.4, -0.2) is 12.6 Å². The van der Waals surface area contributed by atoms with E-state index in [0.29, 0.717) is 6.61 Å². The maximum absolute atomic E-state index is 10.9. The number of carbonyl (C=O) groups excluding carboxylic acids is 1. The first-order valence-corrected chi connectivity index (χ1v) is 5.35. The molecule has 1 aromatic rings. The summed E-state index contributed by atoms with van der Waals surface area (Å²) in [6.45, 7) is 4.23. The van der Waals surface area contributed by atoms with Crippen LogP contribution in [-0.2, 0) is 16.0 Å². The monoisotopic (exact) mass is 208 g/mol. The van der Waals surface area contributed by atoms with Gasteiger partial charge in [-0.1, -0.05) is 6.92 Å². The van der Waals surface area contributed by atoms with Gasteiger partial charge in [0.15, 0.2) is 0 Å². The Labute approximate surface area is 87.9 Å². The molecule has 1 rings (SSSR count). The molecule has 0 fully saturated rings. The van der Waals surface area contributed by atoms with Crippen molar-refractivity contribution < 1.29 is 9.53 Å². The molecule has 2 nitrogen and oxygen atoms in total. The third kappa shape index (κ3) is 3.23. The number of rotatable bonds is 2. The molecule has 1 aromatic heterocycles. The maximum atomic E-state index is 10.9. The predicted octanol–water partition coefficient (Wildman–Crippen LogP) is 2.23. The minimum Gasteiger partial charge on any atom is -0.456 e. The number of hydrogen-bond acceptors (Lipinski definition) is 3. The first kappa shape index (κ1) is 10.8. The normalized spacial score (nSPS) is 9.00. The highest BCUT2D eigenvalue weighted by Crippen LogP contribution is 2.15. The van der Waals surface area contributed by atoms with Gasteiger partial charge in [0.25, 0.3) is 0 Å². The lowest BCUT2D eigenvalue weighted by molar-refractivity contribution is -0.136. The molecule has 0 saturated heterocycles. The van der Waals surface area contributed by atoms with Gasteiger partial charge in [-0.25, -0.2) is 4.79 Å². The van der Waals surface area contributed by atoms with Crippen LogP contribution < -0.4 is 0 Å². The molecule has 14 heavy (non-hydrogen) atoms. The largest absolute Gasteiger partial charge is 0.456 e. The van der Waals surface area contributed by atoms with Crippen molar-refractivity contribution in [3.05, 3.63) is 21.9 Å². The van der Waals surface area contributed by atoms with Crippen molar-refractivity contribution in [3.8, 4) is 11.8 Å². The standard InChI is InChI=1S/C11H12O2S/c1-3-9-5-6-10(14-9)7-8-11(12)13-4-2/h5-6H,3-4H2,1-2H3. The van der Waals surface area contributed by atoms with Crippen LogP contribution in [0.1, 0.15) is 23.6 Å². The zero-order valence-corrected chi connectivity index (χ0v) is 9.11. The minimum absolute atomic E-state index is 0.373. The van der Waals surface area contributed by atoms with Crippen LogP contribution in [0.2, 0.25) is 0 Å². The summed E-state index contributed by atoms with van der Waals surface area (Å²) in [5, 5.41) is 0. The van der Waals surface area contributed by atoms with E-state index in [1.807, 2.05) is 12.1 Å². The van der Waals surface area contributed by atoms with Gasteiger partial charge in [0.2, 0.25) is 0 Å². The second-order valence-electron chi connectivity index (χ2n) is 2.59. The summed E-state index contributed by atoms with van der Waals surface area (Å²) in [4.78, 5) is 13.1. The van der Waals surface area contributed by atoms with Gasteiger partial charge in [-0.15, -0.1) is 11.3 Å². The van der Waals surface area contributed by atoms with Crippen molar-refractivity contribution in [1.29, 1.82) is 0 Å². The Morgan fingerprint density at radius 2 is 2.29 bits per heavy atom. The molecule has 0 aromatic carbocycles. The van der Waals surface area contributed by atoms with E-state index in [9.17, 15) is 4.79 Å². The fourth-order valence-corrected chi connectivity index (χ4v) is 1.72. The average Bonchev–Trinajstić information content (AvgIpc) is 2.63. The fourth-order valence-electron chi connectivity index (χ4n) is 0.915. The summed E-state index contributed by atoms with van der Waals surface area (Å²) in [7, 11) is 0. The second kappa shape index (κ2) is 5.46. The molecule has 74 valence electrons. The zero-order valence-electron chi connectivity index (χ0n) is 8.29. The molecule has 0 amide bonds. The van der Waals surface area contributed by atoms with E-state index < -0.39 is 5.97 Å². The van der Waals surface area contributed by atoms with Crippen LogP contribution in [0.4, 0.5) is 0 Å². The summed E-state index contributed by atoms with van der Waals surface area (Å²) < 4.78 is 4.69. The van der Waals surface area contributed by atoms with Crippen molar-refractivity contribution in [2.75, 3.05) is 6.61 Å². The second-order valence-corrected chi connectivity index (χ2v) is 3.76. The van der Waals surface area contributed by atoms with Crippen molar-refractivity contribution >= 4 is 17.3 Å². The molecular weight excluding hydrogens is 196 g/mol. The molecular formula is C11H12O2S. The number of thiophene rings is 1. The van der Waals surface area contributed by atoms with Gasteiger partial charge < -0.3 is 4.74 Å². The van der Waals surface area contributed by atoms with E-state index in [2.05, 4.69) is 23.5 Å². The lowest BCUT2D eigenvalue weighted by Crippen LogP contribution is -1.99. The smallest absolute Gasteiger partial charge is 0.384 e. The highest BCUT2D eigenvalue weighted by molar-refractivity contribution is 7.12. The topological polar surface area (TPSA) is 26.3 Å². The quantitative estimate of drug-likeness (QED) is 0.550. The lowest BCUT2D eigenvalue weighted by Gasteiger charge is -1.90. The van der Waals surface area contributed by atoms with E-state index in [1.165, 1.54) is 4.88 Å². The van der Waals surface area contributed by atoms with Gasteiger partial charge in [-0.2, -0.15) is 0 Å². The van der Waals surface area contributed by atoms with Gasteiger partial charge in [0.05, 0.1) is 11.5 Å². The van der Waals surface area contributed by atoms with Gasteiger partial charge in [-0.05, 0) is 31.4 Å². The molecule has 0 atom stereocenters. The van der Waals surface area contributed by atoms with Crippen LogP contribution in [0.5, 0.6) is 0 Å². The fraction of sp³-hybridized carbons (Fsp3) is 0.364. The van der Waals surface area contributed by atoms with E-state index >= 15 is 0 Å². The van der Waals surface area contributed by atoms with E-state index in [-0.39, 0.29) is 0 Å². The van der Waals surface area contributed by atoms with E-state index in [1.54, 1.807) is 18.3 Å². The summed E-state index contributed by atoms with van der Waals surface area (Å²) in [6, 6.07) is 3.95. The Morgan fingerprint density at radius 1 is 1.50 bits per heavy atom. The zero-order chi connectivity index (χ0) is 10.4. The van der Waals surface area contributed by atoms with Crippen molar-refractivity contribution in [2.24, 2.45) is 0 Å². The molecule has 0 spiro atoms. The number of carbonyl (C=O) groups is 1. The number of aryl methyl sites for hydroxylation is 1. The van der Waals surface area contributed by atoms with Gasteiger partial charge >= 0.3 is 5.97 Å². The van der Waals surface area contributed by atoms with Crippen LogP contribution in [0.15, 0.2) is 12.1 Å². The summed E-state index contributed by atoms with van der Waals surface area (Å²) >= 11 is 1.61. The Balaban J connectivity index is 2.62. The molecule has 1 heterocycles. The summed E-state index contributed by atoms with van der Waals surface area (Å²) in [5.74, 6) is 4.76. The average molecular weight is 208 g/mol. The SMILES string of the molecule is CCOC(=O)C#Cc1ccc(CC)s1. The number of ether oxygens (including phenoxy) is 1. The number of esters is 1. The molecule has 0 radical (unpaired) electrons.